The summed E-state index contributed by atoms with van der Waals surface area (Å²) in [7, 11) is 0. The van der Waals surface area contributed by atoms with Gasteiger partial charge in [-0.1, -0.05) is 24.3 Å². The number of nitriles is 1. The molecule has 0 saturated heterocycles. The average Bonchev–Trinajstić information content (AvgIpc) is 2.60. The van der Waals surface area contributed by atoms with Crippen molar-refractivity contribution in [1.29, 1.82) is 5.26 Å². The molecule has 23 heavy (non-hydrogen) atoms. The molecule has 0 saturated carbocycles. The number of anilines is 1. The van der Waals surface area contributed by atoms with Crippen molar-refractivity contribution in [2.45, 2.75) is 0 Å². The summed E-state index contributed by atoms with van der Waals surface area (Å²) in [5.74, 6) is 0.301. The van der Waals surface area contributed by atoms with Crippen molar-refractivity contribution in [2.24, 2.45) is 0 Å². The van der Waals surface area contributed by atoms with Crippen LogP contribution in [0.1, 0.15) is 10.5 Å². The maximum atomic E-state index is 12.3. The molecular formula is C18H13N3O2. The first-order chi connectivity index (χ1) is 11.3. The highest BCUT2D eigenvalue weighted by molar-refractivity contribution is 6.04. The fourth-order valence-corrected chi connectivity index (χ4v) is 2.14. The molecule has 1 aromatic heterocycles. The molecule has 3 rings (SSSR count). The van der Waals surface area contributed by atoms with Crippen LogP contribution in [0, 0.1) is 11.3 Å². The summed E-state index contributed by atoms with van der Waals surface area (Å²) in [6.07, 6.45) is 0. The smallest absolute Gasteiger partial charge is 0.274 e. The lowest BCUT2D eigenvalue weighted by molar-refractivity contribution is 0.102. The average molecular weight is 303 g/mol. The molecule has 0 bridgehead atoms. The van der Waals surface area contributed by atoms with Crippen molar-refractivity contribution in [1.82, 2.24) is 4.98 Å². The molecule has 0 fully saturated rings. The largest absolute Gasteiger partial charge is 0.479 e. The van der Waals surface area contributed by atoms with Crippen molar-refractivity contribution in [3.05, 3.63) is 66.4 Å². The van der Waals surface area contributed by atoms with Crippen LogP contribution in [0.3, 0.4) is 0 Å². The van der Waals surface area contributed by atoms with Crippen LogP contribution in [-0.2, 0) is 0 Å². The number of fused-ring (bicyclic) bond motifs is 1. The van der Waals surface area contributed by atoms with Gasteiger partial charge in [0.15, 0.2) is 6.61 Å². The molecule has 3 aromatic rings. The van der Waals surface area contributed by atoms with E-state index in [4.69, 9.17) is 10.00 Å². The molecule has 0 aliphatic heterocycles. The number of carbonyl (C=O) groups excluding carboxylic acids is 1. The lowest BCUT2D eigenvalue weighted by Crippen LogP contribution is -2.13. The number of amides is 1. The number of rotatable bonds is 4. The molecule has 1 amide bonds. The summed E-state index contributed by atoms with van der Waals surface area (Å²) in [4.78, 5) is 16.6. The van der Waals surface area contributed by atoms with E-state index in [9.17, 15) is 4.79 Å². The van der Waals surface area contributed by atoms with Gasteiger partial charge in [-0.3, -0.25) is 4.79 Å². The Bertz CT molecular complexity index is 883. The number of benzene rings is 2. The highest BCUT2D eigenvalue weighted by Crippen LogP contribution is 2.17. The topological polar surface area (TPSA) is 75.0 Å². The predicted molar refractivity (Wildman–Crippen MR) is 87.2 cm³/mol. The summed E-state index contributed by atoms with van der Waals surface area (Å²) >= 11 is 0. The lowest BCUT2D eigenvalue weighted by Gasteiger charge is -2.07. The first-order valence-corrected chi connectivity index (χ1v) is 7.03. The number of hydrogen-bond acceptors (Lipinski definition) is 4. The van der Waals surface area contributed by atoms with Crippen molar-refractivity contribution < 1.29 is 9.53 Å². The summed E-state index contributed by atoms with van der Waals surface area (Å²) in [6, 6.07) is 19.9. The van der Waals surface area contributed by atoms with Gasteiger partial charge in [0, 0.05) is 11.1 Å². The van der Waals surface area contributed by atoms with Crippen LogP contribution in [0.5, 0.6) is 5.75 Å². The minimum absolute atomic E-state index is 0.00723. The molecule has 0 aliphatic rings. The summed E-state index contributed by atoms with van der Waals surface area (Å²) < 4.78 is 5.16. The predicted octanol–water partition coefficient (Wildman–Crippen LogP) is 3.39. The SMILES string of the molecule is N#CCOc1ccc(NC(=O)c2ccc3ccccc3n2)cc1. The zero-order valence-corrected chi connectivity index (χ0v) is 12.2. The Kier molecular flexibility index (Phi) is 4.16. The molecule has 5 heteroatoms. The van der Waals surface area contributed by atoms with E-state index < -0.39 is 0 Å². The first kappa shape index (κ1) is 14.5. The van der Waals surface area contributed by atoms with Gasteiger partial charge < -0.3 is 10.1 Å². The fraction of sp³-hybridized carbons (Fsp3) is 0.0556. The van der Waals surface area contributed by atoms with E-state index in [-0.39, 0.29) is 12.5 Å². The Morgan fingerprint density at radius 2 is 1.87 bits per heavy atom. The first-order valence-electron chi connectivity index (χ1n) is 7.03. The van der Waals surface area contributed by atoms with Gasteiger partial charge in [0.05, 0.1) is 5.52 Å². The van der Waals surface area contributed by atoms with E-state index in [0.717, 1.165) is 10.9 Å². The molecule has 112 valence electrons. The van der Waals surface area contributed by atoms with Gasteiger partial charge in [0.2, 0.25) is 0 Å². The van der Waals surface area contributed by atoms with E-state index >= 15 is 0 Å². The third-order valence-corrected chi connectivity index (χ3v) is 3.25. The molecule has 0 radical (unpaired) electrons. The van der Waals surface area contributed by atoms with Gasteiger partial charge in [0.25, 0.3) is 5.91 Å². The third-order valence-electron chi connectivity index (χ3n) is 3.25. The quantitative estimate of drug-likeness (QED) is 0.801. The van der Waals surface area contributed by atoms with Gasteiger partial charge in [-0.15, -0.1) is 0 Å². The number of nitrogens with zero attached hydrogens (tertiary/aromatic N) is 2. The van der Waals surface area contributed by atoms with Crippen molar-refractivity contribution in [2.75, 3.05) is 11.9 Å². The van der Waals surface area contributed by atoms with E-state index in [2.05, 4.69) is 10.3 Å². The van der Waals surface area contributed by atoms with Crippen LogP contribution in [0.2, 0.25) is 0 Å². The molecule has 5 nitrogen and oxygen atoms in total. The molecule has 1 N–H and O–H groups in total. The van der Waals surface area contributed by atoms with Gasteiger partial charge in [0.1, 0.15) is 17.5 Å². The number of nitrogens with one attached hydrogen (secondary N) is 1. The molecule has 0 aliphatic carbocycles. The Hall–Kier alpha value is -3.39. The number of para-hydroxylation sites is 1. The minimum atomic E-state index is -0.276. The minimum Gasteiger partial charge on any atom is -0.479 e. The normalized spacial score (nSPS) is 10.0. The van der Waals surface area contributed by atoms with Gasteiger partial charge >= 0.3 is 0 Å². The lowest BCUT2D eigenvalue weighted by atomic mass is 10.2. The second-order valence-corrected chi connectivity index (χ2v) is 4.81. The Morgan fingerprint density at radius 3 is 2.65 bits per heavy atom. The van der Waals surface area contributed by atoms with Crippen LogP contribution >= 0.6 is 0 Å². The molecule has 0 atom stereocenters. The van der Waals surface area contributed by atoms with Crippen LogP contribution < -0.4 is 10.1 Å². The number of carbonyl (C=O) groups is 1. The fourth-order valence-electron chi connectivity index (χ4n) is 2.14. The zero-order valence-electron chi connectivity index (χ0n) is 12.2. The second-order valence-electron chi connectivity index (χ2n) is 4.81. The third kappa shape index (κ3) is 3.44. The number of pyridine rings is 1. The van der Waals surface area contributed by atoms with E-state index in [0.29, 0.717) is 17.1 Å². The number of ether oxygens (including phenoxy) is 1. The van der Waals surface area contributed by atoms with E-state index in [1.165, 1.54) is 0 Å². The Morgan fingerprint density at radius 1 is 1.09 bits per heavy atom. The maximum Gasteiger partial charge on any atom is 0.274 e. The number of hydrogen-bond donors (Lipinski definition) is 1. The summed E-state index contributed by atoms with van der Waals surface area (Å²) in [6.45, 7) is -0.00723. The Balaban J connectivity index is 1.73. The van der Waals surface area contributed by atoms with Crippen LogP contribution in [-0.4, -0.2) is 17.5 Å². The molecule has 1 heterocycles. The van der Waals surface area contributed by atoms with Crippen LogP contribution in [0.15, 0.2) is 60.7 Å². The van der Waals surface area contributed by atoms with Gasteiger partial charge in [-0.25, -0.2) is 4.98 Å². The standard InChI is InChI=1S/C18H13N3O2/c19-11-12-23-15-8-6-14(7-9-15)20-18(22)17-10-5-13-3-1-2-4-16(13)21-17/h1-10H,12H2,(H,20,22). The molecule has 0 spiro atoms. The van der Waals surface area contributed by atoms with E-state index in [1.807, 2.05) is 36.4 Å². The van der Waals surface area contributed by atoms with Crippen molar-refractivity contribution in [3.8, 4) is 11.8 Å². The summed E-state index contributed by atoms with van der Waals surface area (Å²) in [5.41, 5.74) is 1.77. The summed E-state index contributed by atoms with van der Waals surface area (Å²) in [5, 5.41) is 12.2. The second kappa shape index (κ2) is 6.58. The van der Waals surface area contributed by atoms with Crippen molar-refractivity contribution in [3.63, 3.8) is 0 Å². The highest BCUT2D eigenvalue weighted by atomic mass is 16.5. The number of aromatic nitrogens is 1. The molecular weight excluding hydrogens is 290 g/mol. The molecule has 0 unspecified atom stereocenters. The van der Waals surface area contributed by atoms with Gasteiger partial charge in [-0.2, -0.15) is 5.26 Å². The maximum absolute atomic E-state index is 12.3. The molecule has 2 aromatic carbocycles. The van der Waals surface area contributed by atoms with E-state index in [1.54, 1.807) is 30.3 Å². The highest BCUT2D eigenvalue weighted by Gasteiger charge is 2.08. The van der Waals surface area contributed by atoms with Crippen molar-refractivity contribution >= 4 is 22.5 Å². The van der Waals surface area contributed by atoms with Crippen LogP contribution in [0.4, 0.5) is 5.69 Å². The van der Waals surface area contributed by atoms with Gasteiger partial charge in [-0.05, 0) is 36.4 Å². The Labute approximate surface area is 133 Å². The zero-order chi connectivity index (χ0) is 16.1. The monoisotopic (exact) mass is 303 g/mol. The van der Waals surface area contributed by atoms with Crippen LogP contribution in [0.25, 0.3) is 10.9 Å².